The number of anilines is 2. The number of halogens is 1. The molecular weight excluding hydrogens is 345 g/mol. The Hall–Kier alpha value is -2.86. The number of rotatable bonds is 4. The topological polar surface area (TPSA) is 60.6 Å². The Morgan fingerprint density at radius 1 is 1.15 bits per heavy atom. The number of morpholine rings is 1. The highest BCUT2D eigenvalue weighted by atomic mass is 19.1. The number of nitrogens with zero attached hydrogens (tertiary/aromatic N) is 2. The number of hydrogen-bond acceptors (Lipinski definition) is 5. The number of fused-ring (bicyclic) bond motifs is 1. The monoisotopic (exact) mass is 367 g/mol. The van der Waals surface area contributed by atoms with Gasteiger partial charge in [0.05, 0.1) is 31.5 Å². The summed E-state index contributed by atoms with van der Waals surface area (Å²) in [6.07, 6.45) is 0.600. The number of methoxy groups -OCH3 is 1. The Labute approximate surface area is 157 Å². The summed E-state index contributed by atoms with van der Waals surface area (Å²) >= 11 is 0. The van der Waals surface area contributed by atoms with Crippen LogP contribution in [0.4, 0.5) is 15.9 Å². The maximum atomic E-state index is 14.6. The van der Waals surface area contributed by atoms with Gasteiger partial charge in [0, 0.05) is 24.9 Å². The minimum absolute atomic E-state index is 0.284. The van der Waals surface area contributed by atoms with Crippen molar-refractivity contribution in [3.63, 3.8) is 0 Å². The number of nitrogen functional groups attached to an aromatic ring is 1. The second-order valence-electron chi connectivity index (χ2n) is 6.59. The van der Waals surface area contributed by atoms with Gasteiger partial charge in [0.2, 0.25) is 0 Å². The fourth-order valence-electron chi connectivity index (χ4n) is 3.54. The standard InChI is InChI=1S/C21H22FN3O2/c1-26-18-5-3-2-4-14(18)12-16-13-15-6-7-17(22)20(19(15)24-21(16)23)25-8-10-27-11-9-25/h2-7,13H,8-12H2,1H3,(H2,23,24). The van der Waals surface area contributed by atoms with Crippen LogP contribution in [-0.4, -0.2) is 38.4 Å². The summed E-state index contributed by atoms with van der Waals surface area (Å²) in [4.78, 5) is 6.56. The van der Waals surface area contributed by atoms with E-state index >= 15 is 0 Å². The van der Waals surface area contributed by atoms with Crippen molar-refractivity contribution < 1.29 is 13.9 Å². The van der Waals surface area contributed by atoms with Crippen LogP contribution in [0.2, 0.25) is 0 Å². The molecular formula is C21H22FN3O2. The van der Waals surface area contributed by atoms with Gasteiger partial charge in [-0.1, -0.05) is 18.2 Å². The van der Waals surface area contributed by atoms with Crippen molar-refractivity contribution in [2.24, 2.45) is 0 Å². The summed E-state index contributed by atoms with van der Waals surface area (Å²) in [5.74, 6) is 0.937. The molecule has 1 fully saturated rings. The van der Waals surface area contributed by atoms with Crippen LogP contribution < -0.4 is 15.4 Å². The molecule has 1 saturated heterocycles. The fourth-order valence-corrected chi connectivity index (χ4v) is 3.54. The normalized spacial score (nSPS) is 14.5. The van der Waals surface area contributed by atoms with Crippen LogP contribution in [0.1, 0.15) is 11.1 Å². The van der Waals surface area contributed by atoms with Gasteiger partial charge in [0.25, 0.3) is 0 Å². The molecule has 2 aromatic carbocycles. The average Bonchev–Trinajstić information content (AvgIpc) is 2.70. The van der Waals surface area contributed by atoms with Crippen molar-refractivity contribution in [3.8, 4) is 5.75 Å². The molecule has 0 amide bonds. The van der Waals surface area contributed by atoms with E-state index in [2.05, 4.69) is 4.98 Å². The number of ether oxygens (including phenoxy) is 2. The van der Waals surface area contributed by atoms with Crippen molar-refractivity contribution in [3.05, 3.63) is 59.4 Å². The molecule has 0 atom stereocenters. The highest BCUT2D eigenvalue weighted by Crippen LogP contribution is 2.32. The SMILES string of the molecule is COc1ccccc1Cc1cc2ccc(F)c(N3CCOCC3)c2nc1N. The molecule has 0 saturated carbocycles. The quantitative estimate of drug-likeness (QED) is 0.766. The Morgan fingerprint density at radius 3 is 2.70 bits per heavy atom. The Morgan fingerprint density at radius 2 is 1.93 bits per heavy atom. The van der Waals surface area contributed by atoms with Crippen LogP contribution >= 0.6 is 0 Å². The summed E-state index contributed by atoms with van der Waals surface area (Å²) in [5, 5.41) is 0.872. The van der Waals surface area contributed by atoms with Crippen molar-refractivity contribution in [1.82, 2.24) is 4.98 Å². The first-order valence-corrected chi connectivity index (χ1v) is 8.99. The van der Waals surface area contributed by atoms with Gasteiger partial charge in [0.1, 0.15) is 17.4 Å². The summed E-state index contributed by atoms with van der Waals surface area (Å²) < 4.78 is 25.4. The van der Waals surface area contributed by atoms with Gasteiger partial charge in [-0.05, 0) is 35.4 Å². The predicted octanol–water partition coefficient (Wildman–Crippen LogP) is 3.39. The van der Waals surface area contributed by atoms with Gasteiger partial charge < -0.3 is 20.1 Å². The lowest BCUT2D eigenvalue weighted by molar-refractivity contribution is 0.122. The van der Waals surface area contributed by atoms with Crippen LogP contribution in [0.5, 0.6) is 5.75 Å². The number of nitrogens with two attached hydrogens (primary N) is 1. The van der Waals surface area contributed by atoms with Crippen molar-refractivity contribution in [1.29, 1.82) is 0 Å². The molecule has 2 heterocycles. The molecule has 0 radical (unpaired) electrons. The first-order valence-electron chi connectivity index (χ1n) is 8.99. The van der Waals surface area contributed by atoms with Gasteiger partial charge in [-0.3, -0.25) is 0 Å². The lowest BCUT2D eigenvalue weighted by Gasteiger charge is -2.29. The lowest BCUT2D eigenvalue weighted by Crippen LogP contribution is -2.37. The second-order valence-corrected chi connectivity index (χ2v) is 6.59. The molecule has 6 heteroatoms. The molecule has 27 heavy (non-hydrogen) atoms. The van der Waals surface area contributed by atoms with E-state index in [-0.39, 0.29) is 5.82 Å². The third kappa shape index (κ3) is 3.40. The third-order valence-corrected chi connectivity index (χ3v) is 4.92. The summed E-state index contributed by atoms with van der Waals surface area (Å²) in [5.41, 5.74) is 9.28. The van der Waals surface area contributed by atoms with Crippen LogP contribution in [0.3, 0.4) is 0 Å². The number of pyridine rings is 1. The van der Waals surface area contributed by atoms with Crippen LogP contribution in [0, 0.1) is 5.82 Å². The fraction of sp³-hybridized carbons (Fsp3) is 0.286. The van der Waals surface area contributed by atoms with Gasteiger partial charge in [-0.15, -0.1) is 0 Å². The summed E-state index contributed by atoms with van der Waals surface area (Å²) in [6.45, 7) is 2.44. The zero-order valence-corrected chi connectivity index (χ0v) is 15.2. The van der Waals surface area contributed by atoms with Crippen molar-refractivity contribution >= 4 is 22.4 Å². The molecule has 5 nitrogen and oxygen atoms in total. The molecule has 0 spiro atoms. The van der Waals surface area contributed by atoms with Gasteiger partial charge in [0.15, 0.2) is 0 Å². The molecule has 1 aliphatic heterocycles. The first kappa shape index (κ1) is 17.5. The van der Waals surface area contributed by atoms with Crippen LogP contribution in [0.15, 0.2) is 42.5 Å². The maximum Gasteiger partial charge on any atom is 0.148 e. The van der Waals surface area contributed by atoms with E-state index in [4.69, 9.17) is 15.2 Å². The lowest BCUT2D eigenvalue weighted by atomic mass is 10.0. The van der Waals surface area contributed by atoms with Crippen molar-refractivity contribution in [2.75, 3.05) is 44.0 Å². The van der Waals surface area contributed by atoms with Crippen LogP contribution in [0.25, 0.3) is 10.9 Å². The molecule has 2 N–H and O–H groups in total. The Kier molecular flexibility index (Phi) is 4.81. The van der Waals surface area contributed by atoms with E-state index in [9.17, 15) is 4.39 Å². The molecule has 0 unspecified atom stereocenters. The molecule has 4 rings (SSSR count). The minimum atomic E-state index is -0.284. The van der Waals surface area contributed by atoms with E-state index in [1.165, 1.54) is 6.07 Å². The largest absolute Gasteiger partial charge is 0.496 e. The number of hydrogen-bond donors (Lipinski definition) is 1. The predicted molar refractivity (Wildman–Crippen MR) is 105 cm³/mol. The molecule has 0 bridgehead atoms. The maximum absolute atomic E-state index is 14.6. The summed E-state index contributed by atoms with van der Waals surface area (Å²) in [6, 6.07) is 13.1. The second kappa shape index (κ2) is 7.40. The van der Waals surface area contributed by atoms with E-state index < -0.39 is 0 Å². The highest BCUT2D eigenvalue weighted by Gasteiger charge is 2.20. The van der Waals surface area contributed by atoms with E-state index in [0.29, 0.717) is 49.7 Å². The van der Waals surface area contributed by atoms with Gasteiger partial charge in [-0.2, -0.15) is 0 Å². The number of para-hydroxylation sites is 1. The van der Waals surface area contributed by atoms with Crippen LogP contribution in [-0.2, 0) is 11.2 Å². The van der Waals surface area contributed by atoms with E-state index in [1.54, 1.807) is 13.2 Å². The average molecular weight is 367 g/mol. The minimum Gasteiger partial charge on any atom is -0.496 e. The molecule has 140 valence electrons. The van der Waals surface area contributed by atoms with Gasteiger partial charge >= 0.3 is 0 Å². The highest BCUT2D eigenvalue weighted by molar-refractivity contribution is 5.93. The smallest absolute Gasteiger partial charge is 0.148 e. The van der Waals surface area contributed by atoms with E-state index in [1.807, 2.05) is 35.2 Å². The molecule has 1 aliphatic rings. The first-order chi connectivity index (χ1) is 13.2. The molecule has 0 aliphatic carbocycles. The number of aromatic nitrogens is 1. The zero-order valence-electron chi connectivity index (χ0n) is 15.2. The van der Waals surface area contributed by atoms with Crippen molar-refractivity contribution in [2.45, 2.75) is 6.42 Å². The summed E-state index contributed by atoms with van der Waals surface area (Å²) in [7, 11) is 1.65. The Balaban J connectivity index is 1.77. The number of benzene rings is 2. The Bertz CT molecular complexity index is 971. The third-order valence-electron chi connectivity index (χ3n) is 4.92. The molecule has 3 aromatic rings. The zero-order chi connectivity index (χ0) is 18.8. The van der Waals surface area contributed by atoms with E-state index in [0.717, 1.165) is 22.3 Å². The molecule has 1 aromatic heterocycles. The van der Waals surface area contributed by atoms with Gasteiger partial charge in [-0.25, -0.2) is 9.37 Å².